The predicted octanol–water partition coefficient (Wildman–Crippen LogP) is 14.8. The highest BCUT2D eigenvalue weighted by atomic mass is 16.5. The summed E-state index contributed by atoms with van der Waals surface area (Å²) in [7, 11) is 0. The maximum absolute atomic E-state index is 13.3. The Morgan fingerprint density at radius 1 is 0.473 bits per heavy atom. The monoisotopic (exact) mass is 759 g/mol. The van der Waals surface area contributed by atoms with Crippen molar-refractivity contribution in [2.75, 3.05) is 13.2 Å². The summed E-state index contributed by atoms with van der Waals surface area (Å²) in [6.07, 6.45) is 36.0. The maximum Gasteiger partial charge on any atom is 0.163 e. The van der Waals surface area contributed by atoms with Crippen LogP contribution < -0.4 is 0 Å². The van der Waals surface area contributed by atoms with Crippen molar-refractivity contribution >= 4 is 23.7 Å². The van der Waals surface area contributed by atoms with Gasteiger partial charge in [-0.15, -0.1) is 0 Å². The zero-order valence-electron chi connectivity index (χ0n) is 36.0. The van der Waals surface area contributed by atoms with Gasteiger partial charge in [-0.2, -0.15) is 0 Å². The van der Waals surface area contributed by atoms with Gasteiger partial charge in [-0.05, 0) is 86.1 Å². The third-order valence-electron chi connectivity index (χ3n) is 11.5. The van der Waals surface area contributed by atoms with Gasteiger partial charge in [0.1, 0.15) is 11.5 Å². The molecular weight excluding hydrogens is 681 g/mol. The van der Waals surface area contributed by atoms with E-state index in [9.17, 15) is 19.8 Å². The smallest absolute Gasteiger partial charge is 0.163 e. The molecule has 2 aromatic carbocycles. The van der Waals surface area contributed by atoms with Gasteiger partial charge in [0.25, 0.3) is 0 Å². The Balaban J connectivity index is 1.86. The van der Waals surface area contributed by atoms with Gasteiger partial charge in [0.15, 0.2) is 11.6 Å². The molecule has 0 radical (unpaired) electrons. The lowest BCUT2D eigenvalue weighted by Crippen LogP contribution is -2.05. The molecule has 308 valence electrons. The van der Waals surface area contributed by atoms with Crippen LogP contribution in [0.4, 0.5) is 0 Å². The first-order valence-electron chi connectivity index (χ1n) is 22.3. The minimum absolute atomic E-state index is 0.0752. The summed E-state index contributed by atoms with van der Waals surface area (Å²) in [5.41, 5.74) is 6.22. The minimum atomic E-state index is 0.0752. The quantitative estimate of drug-likeness (QED) is 0.0573. The van der Waals surface area contributed by atoms with Crippen molar-refractivity contribution in [3.63, 3.8) is 0 Å². The first-order chi connectivity index (χ1) is 26.6. The van der Waals surface area contributed by atoms with Crippen LogP contribution in [0.3, 0.4) is 0 Å². The standard InChI is InChI=1S/C50H78O5/c1-7-9-11-13-15-17-19-21-23-25-27-33-47(51)45-37-49(53)41(5)39(3)43(45)31-29-35-55-36-30-32-44-40(4)42(6)50(54)38-46(44)48(52)34-28-26-24-22-20-18-16-14-12-10-8-2/h29-32,37-38,53-54H,7-28,33-36H2,1-6H3. The van der Waals surface area contributed by atoms with Crippen LogP contribution in [0, 0.1) is 27.7 Å². The molecule has 0 saturated carbocycles. The predicted molar refractivity (Wildman–Crippen MR) is 235 cm³/mol. The number of hydrogen-bond donors (Lipinski definition) is 2. The summed E-state index contributed by atoms with van der Waals surface area (Å²) in [5, 5.41) is 21.1. The van der Waals surface area contributed by atoms with Crippen LogP contribution >= 0.6 is 0 Å². The summed E-state index contributed by atoms with van der Waals surface area (Å²) < 4.78 is 5.91. The fraction of sp³-hybridized carbons (Fsp3) is 0.640. The van der Waals surface area contributed by atoms with Gasteiger partial charge in [-0.3, -0.25) is 9.59 Å². The second kappa shape index (κ2) is 29.1. The van der Waals surface area contributed by atoms with Gasteiger partial charge in [0, 0.05) is 24.0 Å². The Labute approximate surface area is 336 Å². The zero-order chi connectivity index (χ0) is 40.3. The average Bonchev–Trinajstić information content (AvgIpc) is 3.17. The maximum atomic E-state index is 13.3. The lowest BCUT2D eigenvalue weighted by Gasteiger charge is -2.14. The van der Waals surface area contributed by atoms with Crippen molar-refractivity contribution in [1.29, 1.82) is 0 Å². The molecule has 0 fully saturated rings. The molecule has 0 heterocycles. The molecule has 5 nitrogen and oxygen atoms in total. The van der Waals surface area contributed by atoms with Gasteiger partial charge >= 0.3 is 0 Å². The average molecular weight is 759 g/mol. The largest absolute Gasteiger partial charge is 0.508 e. The number of Topliss-reactive ketones (excluding diaryl/α,β-unsaturated/α-hetero) is 2. The van der Waals surface area contributed by atoms with Crippen molar-refractivity contribution in [2.45, 2.75) is 196 Å². The van der Waals surface area contributed by atoms with Crippen molar-refractivity contribution in [3.8, 4) is 11.5 Å². The van der Waals surface area contributed by atoms with Crippen LogP contribution in [0.5, 0.6) is 11.5 Å². The molecule has 0 bridgehead atoms. The summed E-state index contributed by atoms with van der Waals surface area (Å²) >= 11 is 0. The molecule has 2 rings (SSSR count). The molecule has 0 atom stereocenters. The van der Waals surface area contributed by atoms with Crippen LogP contribution in [0.15, 0.2) is 24.3 Å². The first kappa shape index (κ1) is 48.0. The van der Waals surface area contributed by atoms with E-state index in [1.54, 1.807) is 12.1 Å². The van der Waals surface area contributed by atoms with Gasteiger partial charge < -0.3 is 14.9 Å². The Hall–Kier alpha value is -3.18. The van der Waals surface area contributed by atoms with Crippen LogP contribution in [0.1, 0.15) is 222 Å². The van der Waals surface area contributed by atoms with Crippen LogP contribution in [0.25, 0.3) is 12.2 Å². The van der Waals surface area contributed by atoms with Crippen LogP contribution in [-0.4, -0.2) is 35.0 Å². The Bertz CT molecular complexity index is 1360. The van der Waals surface area contributed by atoms with E-state index in [1.807, 2.05) is 52.0 Å². The Morgan fingerprint density at radius 2 is 0.764 bits per heavy atom. The van der Waals surface area contributed by atoms with E-state index in [2.05, 4.69) is 13.8 Å². The van der Waals surface area contributed by atoms with E-state index in [4.69, 9.17) is 4.74 Å². The normalized spacial score (nSPS) is 11.7. The number of phenolic OH excluding ortho intramolecular Hbond substituents is 2. The Kier molecular flexibility index (Phi) is 25.4. The van der Waals surface area contributed by atoms with Gasteiger partial charge in [0.05, 0.1) is 13.2 Å². The number of rotatable bonds is 32. The summed E-state index contributed by atoms with van der Waals surface area (Å²) in [4.78, 5) is 26.7. The number of aromatic hydroxyl groups is 2. The molecule has 0 saturated heterocycles. The number of benzene rings is 2. The number of carbonyl (C=O) groups excluding carboxylic acids is 2. The van der Waals surface area contributed by atoms with Gasteiger partial charge in [-0.25, -0.2) is 0 Å². The second-order valence-electron chi connectivity index (χ2n) is 16.0. The molecule has 0 aliphatic carbocycles. The van der Waals surface area contributed by atoms with Crippen LogP contribution in [0.2, 0.25) is 0 Å². The van der Waals surface area contributed by atoms with Gasteiger partial charge in [-0.1, -0.05) is 167 Å². The number of unbranched alkanes of at least 4 members (excludes halogenated alkanes) is 20. The number of ether oxygens (including phenoxy) is 1. The molecular formula is C50H78O5. The van der Waals surface area contributed by atoms with Crippen molar-refractivity contribution in [3.05, 3.63) is 68.8 Å². The molecule has 0 unspecified atom stereocenters. The van der Waals surface area contributed by atoms with E-state index in [-0.39, 0.29) is 23.1 Å². The summed E-state index contributed by atoms with van der Waals surface area (Å²) in [6.45, 7) is 12.9. The molecule has 2 aromatic rings. The van der Waals surface area contributed by atoms with Crippen LogP contribution in [-0.2, 0) is 4.74 Å². The fourth-order valence-corrected chi connectivity index (χ4v) is 7.43. The number of carbonyl (C=O) groups is 2. The molecule has 0 aliphatic heterocycles. The SMILES string of the molecule is CCCCCCCCCCCCCC(=O)c1cc(O)c(C)c(C)c1C=CCOCC=Cc1c(C(=O)CCCCCCCCCCCCC)cc(O)c(C)c1C. The number of hydrogen-bond acceptors (Lipinski definition) is 5. The number of phenols is 2. The third-order valence-corrected chi connectivity index (χ3v) is 11.5. The van der Waals surface area contributed by atoms with E-state index >= 15 is 0 Å². The molecule has 0 spiro atoms. The molecule has 55 heavy (non-hydrogen) atoms. The lowest BCUT2D eigenvalue weighted by molar-refractivity contribution is 0.0970. The zero-order valence-corrected chi connectivity index (χ0v) is 36.0. The van der Waals surface area contributed by atoms with E-state index in [1.165, 1.54) is 116 Å². The first-order valence-corrected chi connectivity index (χ1v) is 22.3. The molecule has 0 aliphatic rings. The highest BCUT2D eigenvalue weighted by Gasteiger charge is 2.17. The topological polar surface area (TPSA) is 83.8 Å². The van der Waals surface area contributed by atoms with Gasteiger partial charge in [0.2, 0.25) is 0 Å². The molecule has 2 N–H and O–H groups in total. The number of ketones is 2. The van der Waals surface area contributed by atoms with E-state index in [0.29, 0.717) is 37.2 Å². The third kappa shape index (κ3) is 18.5. The van der Waals surface area contributed by atoms with Crippen molar-refractivity contribution in [2.24, 2.45) is 0 Å². The molecule has 0 aromatic heterocycles. The lowest BCUT2D eigenvalue weighted by atomic mass is 9.92. The highest BCUT2D eigenvalue weighted by molar-refractivity contribution is 6.01. The van der Waals surface area contributed by atoms with E-state index < -0.39 is 0 Å². The molecule has 5 heteroatoms. The summed E-state index contributed by atoms with van der Waals surface area (Å²) in [6, 6.07) is 3.26. The highest BCUT2D eigenvalue weighted by Crippen LogP contribution is 2.31. The van der Waals surface area contributed by atoms with Crippen molar-refractivity contribution in [1.82, 2.24) is 0 Å². The Morgan fingerprint density at radius 3 is 1.07 bits per heavy atom. The second-order valence-corrected chi connectivity index (χ2v) is 16.0. The molecule has 0 amide bonds. The minimum Gasteiger partial charge on any atom is -0.508 e. The van der Waals surface area contributed by atoms with Crippen molar-refractivity contribution < 1.29 is 24.5 Å². The fourth-order valence-electron chi connectivity index (χ4n) is 7.43. The van der Waals surface area contributed by atoms with E-state index in [0.717, 1.165) is 59.1 Å². The summed E-state index contributed by atoms with van der Waals surface area (Å²) in [5.74, 6) is 0.474.